The number of nitrogens with zero attached hydrogens (tertiary/aromatic N) is 3. The van der Waals surface area contributed by atoms with E-state index in [0.717, 1.165) is 17.1 Å². The molecule has 1 aromatic carbocycles. The number of aromatic nitrogens is 2. The van der Waals surface area contributed by atoms with Gasteiger partial charge in [0, 0.05) is 18.1 Å². The normalized spacial score (nSPS) is 10.2. The zero-order valence-corrected chi connectivity index (χ0v) is 13.9. The fourth-order valence-electron chi connectivity index (χ4n) is 2.03. The summed E-state index contributed by atoms with van der Waals surface area (Å²) in [6, 6.07) is 14.3. The molecule has 0 amide bonds. The number of hydrogen-bond donors (Lipinski definition) is 1. The van der Waals surface area contributed by atoms with Gasteiger partial charge in [-0.3, -0.25) is 4.98 Å². The molecule has 0 unspecified atom stereocenters. The minimum absolute atomic E-state index is 0.533. The lowest BCUT2D eigenvalue weighted by Crippen LogP contribution is -1.92. The van der Waals surface area contributed by atoms with Crippen molar-refractivity contribution in [3.8, 4) is 6.07 Å². The molecular weight excluding hydrogens is 360 g/mol. The first-order chi connectivity index (χ1) is 10.8. The van der Waals surface area contributed by atoms with Crippen molar-refractivity contribution >= 4 is 38.2 Å². The molecule has 2 aromatic heterocycles. The third-order valence-corrected chi connectivity index (χ3v) is 4.70. The number of benzene rings is 1. The molecule has 1 N–H and O–H groups in total. The fraction of sp³-hybridized carbons (Fsp3) is 0.0625. The molecule has 0 fully saturated rings. The monoisotopic (exact) mass is 370 g/mol. The van der Waals surface area contributed by atoms with Crippen molar-refractivity contribution in [2.45, 2.75) is 6.42 Å². The van der Waals surface area contributed by atoms with Crippen LogP contribution in [0.1, 0.15) is 16.7 Å². The van der Waals surface area contributed by atoms with Gasteiger partial charge in [0.1, 0.15) is 21.2 Å². The van der Waals surface area contributed by atoms with E-state index >= 15 is 0 Å². The Morgan fingerprint density at radius 3 is 2.45 bits per heavy atom. The molecule has 108 valence electrons. The number of hydrogen-bond acceptors (Lipinski definition) is 5. The summed E-state index contributed by atoms with van der Waals surface area (Å²) < 4.78 is 4.70. The van der Waals surface area contributed by atoms with Crippen LogP contribution in [-0.2, 0) is 6.42 Å². The molecule has 0 aliphatic heterocycles. The van der Waals surface area contributed by atoms with Gasteiger partial charge in [-0.1, -0.05) is 12.1 Å². The van der Waals surface area contributed by atoms with Crippen molar-refractivity contribution in [1.82, 2.24) is 9.36 Å². The molecule has 0 saturated heterocycles. The third kappa shape index (κ3) is 3.32. The highest BCUT2D eigenvalue weighted by molar-refractivity contribution is 9.10. The van der Waals surface area contributed by atoms with Crippen molar-refractivity contribution in [2.75, 3.05) is 5.32 Å². The second kappa shape index (κ2) is 6.69. The van der Waals surface area contributed by atoms with Crippen molar-refractivity contribution in [2.24, 2.45) is 0 Å². The Hall–Kier alpha value is -2.23. The Balaban J connectivity index is 1.73. The predicted octanol–water partition coefficient (Wildman–Crippen LogP) is 4.51. The molecule has 0 atom stereocenters. The molecule has 0 bridgehead atoms. The van der Waals surface area contributed by atoms with Gasteiger partial charge >= 0.3 is 0 Å². The molecule has 0 aliphatic carbocycles. The number of nitriles is 1. The molecule has 6 heteroatoms. The average molecular weight is 371 g/mol. The molecule has 3 aromatic rings. The van der Waals surface area contributed by atoms with Crippen LogP contribution in [0.3, 0.4) is 0 Å². The first-order valence-electron chi connectivity index (χ1n) is 6.56. The summed E-state index contributed by atoms with van der Waals surface area (Å²) in [5.74, 6) is 0. The maximum atomic E-state index is 9.12. The van der Waals surface area contributed by atoms with Gasteiger partial charge in [0.25, 0.3) is 0 Å². The maximum Gasteiger partial charge on any atom is 0.139 e. The minimum Gasteiger partial charge on any atom is -0.345 e. The van der Waals surface area contributed by atoms with Gasteiger partial charge in [-0.05, 0) is 69.3 Å². The lowest BCUT2D eigenvalue weighted by Gasteiger charge is -2.06. The standard InChI is InChI=1S/C16H11BrN4S/c17-15-14(10-18)16(22-21-15)20-13-3-1-11(2-4-13)9-12-5-7-19-8-6-12/h1-8,20H,9H2. The Kier molecular flexibility index (Phi) is 4.47. The summed E-state index contributed by atoms with van der Waals surface area (Å²) in [5.41, 5.74) is 3.92. The van der Waals surface area contributed by atoms with Crippen LogP contribution in [0.5, 0.6) is 0 Å². The van der Waals surface area contributed by atoms with Crippen LogP contribution >= 0.6 is 27.5 Å². The van der Waals surface area contributed by atoms with Crippen molar-refractivity contribution in [3.63, 3.8) is 0 Å². The summed E-state index contributed by atoms with van der Waals surface area (Å²) in [4.78, 5) is 4.02. The van der Waals surface area contributed by atoms with Crippen LogP contribution in [0.25, 0.3) is 0 Å². The highest BCUT2D eigenvalue weighted by atomic mass is 79.9. The Morgan fingerprint density at radius 1 is 1.09 bits per heavy atom. The smallest absolute Gasteiger partial charge is 0.139 e. The predicted molar refractivity (Wildman–Crippen MR) is 91.3 cm³/mol. The van der Waals surface area contributed by atoms with Gasteiger partial charge in [-0.2, -0.15) is 9.64 Å². The van der Waals surface area contributed by atoms with Crippen LogP contribution < -0.4 is 5.32 Å². The molecule has 0 saturated carbocycles. The largest absolute Gasteiger partial charge is 0.345 e. The number of halogens is 1. The number of anilines is 2. The van der Waals surface area contributed by atoms with Gasteiger partial charge in [0.15, 0.2) is 0 Å². The number of nitrogens with one attached hydrogen (secondary N) is 1. The van der Waals surface area contributed by atoms with E-state index in [2.05, 4.69) is 48.8 Å². The Morgan fingerprint density at radius 2 is 1.77 bits per heavy atom. The maximum absolute atomic E-state index is 9.12. The van der Waals surface area contributed by atoms with E-state index in [1.54, 1.807) is 12.4 Å². The molecular formula is C16H11BrN4S. The average Bonchev–Trinajstić information content (AvgIpc) is 2.90. The molecule has 2 heterocycles. The quantitative estimate of drug-likeness (QED) is 0.733. The van der Waals surface area contributed by atoms with Crippen LogP contribution in [0.15, 0.2) is 53.4 Å². The SMILES string of the molecule is N#Cc1c(Br)nsc1Nc1ccc(Cc2ccncc2)cc1. The Bertz CT molecular complexity index is 806. The van der Waals surface area contributed by atoms with Gasteiger partial charge in [-0.25, -0.2) is 0 Å². The molecule has 4 nitrogen and oxygen atoms in total. The lowest BCUT2D eigenvalue weighted by molar-refractivity contribution is 1.16. The minimum atomic E-state index is 0.533. The number of pyridine rings is 1. The van der Waals surface area contributed by atoms with Crippen molar-refractivity contribution < 1.29 is 0 Å². The summed E-state index contributed by atoms with van der Waals surface area (Å²) >= 11 is 4.54. The molecule has 0 radical (unpaired) electrons. The van der Waals surface area contributed by atoms with Gasteiger partial charge < -0.3 is 5.32 Å². The first kappa shape index (κ1) is 14.7. The summed E-state index contributed by atoms with van der Waals surface area (Å²) in [6.07, 6.45) is 4.48. The summed E-state index contributed by atoms with van der Waals surface area (Å²) in [7, 11) is 0. The zero-order chi connectivity index (χ0) is 15.4. The lowest BCUT2D eigenvalue weighted by atomic mass is 10.1. The first-order valence-corrected chi connectivity index (χ1v) is 8.13. The molecule has 0 spiro atoms. The van der Waals surface area contributed by atoms with Crippen LogP contribution in [0.4, 0.5) is 10.7 Å². The van der Waals surface area contributed by atoms with Crippen LogP contribution in [-0.4, -0.2) is 9.36 Å². The van der Waals surface area contributed by atoms with Gasteiger partial charge in [0.05, 0.1) is 0 Å². The van der Waals surface area contributed by atoms with E-state index in [4.69, 9.17) is 5.26 Å². The second-order valence-corrected chi connectivity index (χ2v) is 6.17. The van der Waals surface area contributed by atoms with Gasteiger partial charge in [-0.15, -0.1) is 0 Å². The topological polar surface area (TPSA) is 61.6 Å². The third-order valence-electron chi connectivity index (χ3n) is 3.13. The van der Waals surface area contributed by atoms with Gasteiger partial charge in [0.2, 0.25) is 0 Å². The molecule has 3 rings (SSSR count). The zero-order valence-electron chi connectivity index (χ0n) is 11.5. The van der Waals surface area contributed by atoms with Crippen molar-refractivity contribution in [3.05, 3.63) is 70.1 Å². The number of rotatable bonds is 4. The van der Waals surface area contributed by atoms with E-state index in [1.807, 2.05) is 24.3 Å². The van der Waals surface area contributed by atoms with E-state index in [-0.39, 0.29) is 0 Å². The van der Waals surface area contributed by atoms with E-state index < -0.39 is 0 Å². The van der Waals surface area contributed by atoms with E-state index in [0.29, 0.717) is 10.2 Å². The van der Waals surface area contributed by atoms with Crippen LogP contribution in [0, 0.1) is 11.3 Å². The molecule has 22 heavy (non-hydrogen) atoms. The Labute approximate surface area is 140 Å². The second-order valence-electron chi connectivity index (χ2n) is 4.64. The van der Waals surface area contributed by atoms with Crippen LogP contribution in [0.2, 0.25) is 0 Å². The highest BCUT2D eigenvalue weighted by Crippen LogP contribution is 2.30. The van der Waals surface area contributed by atoms with E-state index in [1.165, 1.54) is 22.7 Å². The van der Waals surface area contributed by atoms with E-state index in [9.17, 15) is 0 Å². The summed E-state index contributed by atoms with van der Waals surface area (Å²) in [5, 5.41) is 13.1. The fourth-order valence-corrected chi connectivity index (χ4v) is 3.32. The van der Waals surface area contributed by atoms with Crippen molar-refractivity contribution in [1.29, 1.82) is 5.26 Å². The molecule has 0 aliphatic rings. The summed E-state index contributed by atoms with van der Waals surface area (Å²) in [6.45, 7) is 0. The highest BCUT2D eigenvalue weighted by Gasteiger charge is 2.11.